The van der Waals surface area contributed by atoms with Crippen molar-refractivity contribution >= 4 is 44.6 Å². The molecule has 208 valence electrons. The van der Waals surface area contributed by atoms with Crippen molar-refractivity contribution in [3.05, 3.63) is 71.3 Å². The van der Waals surface area contributed by atoms with E-state index in [9.17, 15) is 9.18 Å². The van der Waals surface area contributed by atoms with Crippen molar-refractivity contribution in [2.24, 2.45) is 0 Å². The van der Waals surface area contributed by atoms with E-state index in [1.54, 1.807) is 17.2 Å². The monoisotopic (exact) mass is 562 g/mol. The molecule has 0 saturated carbocycles. The van der Waals surface area contributed by atoms with Crippen molar-refractivity contribution < 1.29 is 13.9 Å². The number of carbonyl (C=O) groups is 1. The van der Waals surface area contributed by atoms with Crippen LogP contribution in [0.25, 0.3) is 21.4 Å². The highest BCUT2D eigenvalue weighted by Crippen LogP contribution is 2.26. The largest absolute Gasteiger partial charge is 0.444 e. The molecule has 0 radical (unpaired) electrons. The Kier molecular flexibility index (Phi) is 7.88. The number of rotatable bonds is 9. The number of nitrogens with zero attached hydrogens (tertiary/aromatic N) is 6. The van der Waals surface area contributed by atoms with Crippen molar-refractivity contribution in [1.82, 2.24) is 34.8 Å². The number of H-pyrrole nitrogens is 1. The van der Waals surface area contributed by atoms with Crippen LogP contribution in [0.5, 0.6) is 0 Å². The minimum atomic E-state index is -0.631. The van der Waals surface area contributed by atoms with Crippen LogP contribution in [-0.2, 0) is 24.1 Å². The molecule has 1 aromatic carbocycles. The summed E-state index contributed by atoms with van der Waals surface area (Å²) < 4.78 is 19.8. The molecule has 0 bridgehead atoms. The number of hydrogen-bond donors (Lipinski definition) is 2. The van der Waals surface area contributed by atoms with Gasteiger partial charge < -0.3 is 19.9 Å². The standard InChI is InChI=1S/C28H31FN8O2S/c1-17(14-22-34-19-9-5-6-10-20(19)35-22)37(27(38)39-28(2,3)4)13-11-23-36-24-25(32-16-33-26(24)40-23)31-15-21-18(29)8-7-12-30-21/h5-10,12,16-17H,11,13-15H2,1-4H3,(H,34,35)(H,31,32,33). The van der Waals surface area contributed by atoms with Gasteiger partial charge in [0, 0.05) is 31.6 Å². The first-order chi connectivity index (χ1) is 19.2. The minimum Gasteiger partial charge on any atom is -0.444 e. The molecule has 1 atom stereocenters. The van der Waals surface area contributed by atoms with Gasteiger partial charge in [-0.2, -0.15) is 0 Å². The first kappa shape index (κ1) is 27.4. The van der Waals surface area contributed by atoms with Crippen LogP contribution in [0.2, 0.25) is 0 Å². The van der Waals surface area contributed by atoms with E-state index in [0.29, 0.717) is 35.6 Å². The quantitative estimate of drug-likeness (QED) is 0.241. The molecule has 0 aliphatic carbocycles. The van der Waals surface area contributed by atoms with Gasteiger partial charge in [-0.25, -0.2) is 29.1 Å². The molecule has 1 unspecified atom stereocenters. The summed E-state index contributed by atoms with van der Waals surface area (Å²) in [6.07, 6.45) is 3.64. The zero-order valence-corrected chi connectivity index (χ0v) is 23.6. The number of hydrogen-bond acceptors (Lipinski definition) is 9. The number of halogens is 1. The van der Waals surface area contributed by atoms with Crippen LogP contribution in [0.15, 0.2) is 48.9 Å². The van der Waals surface area contributed by atoms with Crippen molar-refractivity contribution in [3.63, 3.8) is 0 Å². The molecule has 5 aromatic rings. The summed E-state index contributed by atoms with van der Waals surface area (Å²) >= 11 is 1.43. The Morgan fingerprint density at radius 1 is 1.15 bits per heavy atom. The second-order valence-corrected chi connectivity index (χ2v) is 11.5. The highest BCUT2D eigenvalue weighted by Gasteiger charge is 2.27. The fourth-order valence-corrected chi connectivity index (χ4v) is 5.16. The Bertz CT molecular complexity index is 1600. The average Bonchev–Trinajstić information content (AvgIpc) is 3.50. The maximum atomic E-state index is 14.0. The van der Waals surface area contributed by atoms with Gasteiger partial charge in [0.25, 0.3) is 0 Å². The molecule has 0 fully saturated rings. The van der Waals surface area contributed by atoms with Crippen LogP contribution in [0.3, 0.4) is 0 Å². The smallest absolute Gasteiger partial charge is 0.410 e. The Balaban J connectivity index is 1.31. The summed E-state index contributed by atoms with van der Waals surface area (Å²) in [6.45, 7) is 8.10. The normalized spacial score (nSPS) is 12.5. The summed E-state index contributed by atoms with van der Waals surface area (Å²) in [5.41, 5.74) is 2.10. The number of carbonyl (C=O) groups excluding carboxylic acids is 1. The number of imidazole rings is 1. The molecule has 4 aromatic heterocycles. The molecular weight excluding hydrogens is 531 g/mol. The van der Waals surface area contributed by atoms with E-state index in [2.05, 4.69) is 30.2 Å². The van der Waals surface area contributed by atoms with Gasteiger partial charge in [-0.3, -0.25) is 4.98 Å². The summed E-state index contributed by atoms with van der Waals surface area (Å²) in [7, 11) is 0. The van der Waals surface area contributed by atoms with Crippen LogP contribution in [0.1, 0.15) is 44.2 Å². The second kappa shape index (κ2) is 11.5. The Labute approximate surface area is 235 Å². The van der Waals surface area contributed by atoms with E-state index in [-0.39, 0.29) is 18.3 Å². The van der Waals surface area contributed by atoms with Crippen molar-refractivity contribution in [1.29, 1.82) is 0 Å². The van der Waals surface area contributed by atoms with E-state index in [1.807, 2.05) is 52.0 Å². The maximum absolute atomic E-state index is 14.0. The lowest BCUT2D eigenvalue weighted by Crippen LogP contribution is -2.44. The number of aromatic nitrogens is 6. The number of ether oxygens (including phenoxy) is 1. The number of thiazole rings is 1. The molecule has 1 amide bonds. The van der Waals surface area contributed by atoms with Crippen molar-refractivity contribution in [2.75, 3.05) is 11.9 Å². The average molecular weight is 563 g/mol. The Morgan fingerprint density at radius 3 is 2.75 bits per heavy atom. The molecule has 10 nitrogen and oxygen atoms in total. The lowest BCUT2D eigenvalue weighted by molar-refractivity contribution is 0.0177. The third kappa shape index (κ3) is 6.50. The van der Waals surface area contributed by atoms with E-state index in [1.165, 1.54) is 23.7 Å². The number of pyridine rings is 1. The summed E-state index contributed by atoms with van der Waals surface area (Å²) in [6, 6.07) is 10.6. The highest BCUT2D eigenvalue weighted by molar-refractivity contribution is 7.18. The molecule has 0 saturated heterocycles. The third-order valence-electron chi connectivity index (χ3n) is 6.15. The van der Waals surface area contributed by atoms with Gasteiger partial charge in [0.2, 0.25) is 0 Å². The number of para-hydroxylation sites is 2. The van der Waals surface area contributed by atoms with E-state index in [4.69, 9.17) is 9.72 Å². The van der Waals surface area contributed by atoms with Crippen LogP contribution in [0, 0.1) is 5.82 Å². The van der Waals surface area contributed by atoms with Crippen molar-refractivity contribution in [3.8, 4) is 0 Å². The molecule has 0 aliphatic heterocycles. The van der Waals surface area contributed by atoms with Gasteiger partial charge >= 0.3 is 6.09 Å². The summed E-state index contributed by atoms with van der Waals surface area (Å²) in [5.74, 6) is 0.913. The molecular formula is C28H31FN8O2S. The van der Waals surface area contributed by atoms with Gasteiger partial charge in [-0.05, 0) is 52.0 Å². The zero-order valence-electron chi connectivity index (χ0n) is 22.8. The lowest BCUT2D eigenvalue weighted by atomic mass is 10.2. The molecule has 2 N–H and O–H groups in total. The first-order valence-electron chi connectivity index (χ1n) is 13.0. The maximum Gasteiger partial charge on any atom is 0.410 e. The predicted molar refractivity (Wildman–Crippen MR) is 153 cm³/mol. The Hall–Kier alpha value is -4.19. The number of amides is 1. The Morgan fingerprint density at radius 2 is 1.98 bits per heavy atom. The van der Waals surface area contributed by atoms with Crippen LogP contribution >= 0.6 is 11.3 Å². The molecule has 0 aliphatic rings. The van der Waals surface area contributed by atoms with Crippen LogP contribution in [-0.4, -0.2) is 59.1 Å². The second-order valence-electron chi connectivity index (χ2n) is 10.4. The van der Waals surface area contributed by atoms with Crippen molar-refractivity contribution in [2.45, 2.75) is 58.7 Å². The number of benzene rings is 1. The third-order valence-corrected chi connectivity index (χ3v) is 7.17. The van der Waals surface area contributed by atoms with Gasteiger partial charge in [0.05, 0.1) is 28.3 Å². The molecule has 40 heavy (non-hydrogen) atoms. The number of fused-ring (bicyclic) bond motifs is 2. The van der Waals surface area contributed by atoms with Crippen LogP contribution < -0.4 is 5.32 Å². The topological polar surface area (TPSA) is 122 Å². The van der Waals surface area contributed by atoms with Gasteiger partial charge in [0.1, 0.15) is 33.9 Å². The fraction of sp³-hybridized carbons (Fsp3) is 0.357. The zero-order chi connectivity index (χ0) is 28.3. The van der Waals surface area contributed by atoms with E-state index in [0.717, 1.165) is 21.9 Å². The number of anilines is 1. The summed E-state index contributed by atoms with van der Waals surface area (Å²) in [5, 5.41) is 3.92. The van der Waals surface area contributed by atoms with Gasteiger partial charge in [0.15, 0.2) is 5.82 Å². The predicted octanol–water partition coefficient (Wildman–Crippen LogP) is 5.52. The molecule has 5 rings (SSSR count). The minimum absolute atomic E-state index is 0.164. The molecule has 0 spiro atoms. The number of nitrogens with one attached hydrogen (secondary N) is 2. The van der Waals surface area contributed by atoms with E-state index >= 15 is 0 Å². The SMILES string of the molecule is CC(Cc1nc2ccccc2[nH]1)N(CCc1nc2c(NCc3ncccc3F)ncnc2s1)C(=O)OC(C)(C)C. The fourth-order valence-electron chi connectivity index (χ4n) is 4.27. The first-order valence-corrected chi connectivity index (χ1v) is 13.8. The highest BCUT2D eigenvalue weighted by atomic mass is 32.1. The van der Waals surface area contributed by atoms with E-state index < -0.39 is 17.5 Å². The molecule has 12 heteroatoms. The molecule has 4 heterocycles. The number of aromatic amines is 1. The van der Waals surface area contributed by atoms with Crippen LogP contribution in [0.4, 0.5) is 15.0 Å². The summed E-state index contributed by atoms with van der Waals surface area (Å²) in [4.78, 5) is 41.2. The lowest BCUT2D eigenvalue weighted by Gasteiger charge is -2.31. The van der Waals surface area contributed by atoms with Gasteiger partial charge in [-0.15, -0.1) is 0 Å². The van der Waals surface area contributed by atoms with Gasteiger partial charge in [-0.1, -0.05) is 23.5 Å².